The Labute approximate surface area is 118 Å². The molecule has 0 saturated heterocycles. The van der Waals surface area contributed by atoms with E-state index in [0.717, 1.165) is 22.6 Å². The molecule has 1 aromatic carbocycles. The fourth-order valence-corrected chi connectivity index (χ4v) is 1.88. The van der Waals surface area contributed by atoms with Gasteiger partial charge < -0.3 is 10.1 Å². The van der Waals surface area contributed by atoms with Crippen LogP contribution in [0, 0.1) is 27.7 Å². The van der Waals surface area contributed by atoms with Gasteiger partial charge in [0, 0.05) is 11.3 Å². The number of aromatic nitrogens is 2. The Morgan fingerprint density at radius 3 is 2.65 bits per heavy atom. The lowest BCUT2D eigenvalue weighted by molar-refractivity contribution is -0.118. The van der Waals surface area contributed by atoms with Gasteiger partial charge in [-0.2, -0.15) is 5.10 Å². The number of amides is 1. The topological polar surface area (TPSA) is 67.0 Å². The molecule has 0 radical (unpaired) electrons. The number of nitrogens with one attached hydrogen (secondary N) is 2. The van der Waals surface area contributed by atoms with Gasteiger partial charge in [0.2, 0.25) is 0 Å². The first-order valence-corrected chi connectivity index (χ1v) is 6.49. The van der Waals surface area contributed by atoms with Crippen LogP contribution in [0.3, 0.4) is 0 Å². The summed E-state index contributed by atoms with van der Waals surface area (Å²) in [6.07, 6.45) is 0. The third-order valence-corrected chi connectivity index (χ3v) is 3.20. The molecule has 106 valence electrons. The van der Waals surface area contributed by atoms with E-state index in [-0.39, 0.29) is 12.5 Å². The highest BCUT2D eigenvalue weighted by molar-refractivity contribution is 5.91. The third-order valence-electron chi connectivity index (χ3n) is 3.20. The fraction of sp³-hybridized carbons (Fsp3) is 0.333. The van der Waals surface area contributed by atoms with Crippen molar-refractivity contribution in [2.45, 2.75) is 27.7 Å². The molecule has 0 unspecified atom stereocenters. The maximum atomic E-state index is 11.8. The number of H-pyrrole nitrogens is 1. The molecule has 0 fully saturated rings. The summed E-state index contributed by atoms with van der Waals surface area (Å²) in [4.78, 5) is 11.8. The lowest BCUT2D eigenvalue weighted by Gasteiger charge is -2.09. The SMILES string of the molecule is Cc1ccc(OCC(=O)Nc2n[nH]c(C)c2C)c(C)c1. The lowest BCUT2D eigenvalue weighted by Crippen LogP contribution is -2.21. The molecule has 2 aromatic rings. The summed E-state index contributed by atoms with van der Waals surface area (Å²) in [7, 11) is 0. The van der Waals surface area contributed by atoms with Gasteiger partial charge in [0.15, 0.2) is 12.4 Å². The van der Waals surface area contributed by atoms with E-state index in [0.29, 0.717) is 5.82 Å². The summed E-state index contributed by atoms with van der Waals surface area (Å²) in [6, 6.07) is 5.86. The summed E-state index contributed by atoms with van der Waals surface area (Å²) in [6.45, 7) is 7.76. The number of carbonyl (C=O) groups is 1. The molecule has 5 heteroatoms. The molecule has 0 atom stereocenters. The highest BCUT2D eigenvalue weighted by Gasteiger charge is 2.10. The first kappa shape index (κ1) is 14.1. The normalized spacial score (nSPS) is 10.4. The molecule has 1 aromatic heterocycles. The van der Waals surface area contributed by atoms with Crippen molar-refractivity contribution in [3.63, 3.8) is 0 Å². The van der Waals surface area contributed by atoms with E-state index in [1.54, 1.807) is 0 Å². The van der Waals surface area contributed by atoms with Crippen molar-refractivity contribution >= 4 is 11.7 Å². The van der Waals surface area contributed by atoms with Gasteiger partial charge in [0.05, 0.1) is 0 Å². The maximum Gasteiger partial charge on any atom is 0.263 e. The van der Waals surface area contributed by atoms with E-state index >= 15 is 0 Å². The largest absolute Gasteiger partial charge is 0.483 e. The number of anilines is 1. The molecule has 0 aliphatic heterocycles. The molecule has 0 aliphatic carbocycles. The molecular weight excluding hydrogens is 254 g/mol. The molecule has 0 bridgehead atoms. The van der Waals surface area contributed by atoms with Crippen LogP contribution in [0.15, 0.2) is 18.2 Å². The summed E-state index contributed by atoms with van der Waals surface area (Å²) in [5.41, 5.74) is 4.06. The average Bonchev–Trinajstić information content (AvgIpc) is 2.70. The summed E-state index contributed by atoms with van der Waals surface area (Å²) < 4.78 is 5.52. The molecule has 5 nitrogen and oxygen atoms in total. The predicted octanol–water partition coefficient (Wildman–Crippen LogP) is 2.66. The fourth-order valence-electron chi connectivity index (χ4n) is 1.88. The van der Waals surface area contributed by atoms with Crippen LogP contribution in [0.2, 0.25) is 0 Å². The zero-order valence-corrected chi connectivity index (χ0v) is 12.2. The van der Waals surface area contributed by atoms with Crippen molar-refractivity contribution in [2.75, 3.05) is 11.9 Å². The van der Waals surface area contributed by atoms with E-state index < -0.39 is 0 Å². The van der Waals surface area contributed by atoms with Crippen LogP contribution in [0.4, 0.5) is 5.82 Å². The smallest absolute Gasteiger partial charge is 0.263 e. The number of rotatable bonds is 4. The second-order valence-corrected chi connectivity index (χ2v) is 4.93. The van der Waals surface area contributed by atoms with Crippen molar-refractivity contribution in [3.8, 4) is 5.75 Å². The average molecular weight is 273 g/mol. The van der Waals surface area contributed by atoms with Gasteiger partial charge in [-0.15, -0.1) is 0 Å². The number of ether oxygens (including phenoxy) is 1. The summed E-state index contributed by atoms with van der Waals surface area (Å²) in [5, 5.41) is 9.58. The van der Waals surface area contributed by atoms with Crippen molar-refractivity contribution in [2.24, 2.45) is 0 Å². The van der Waals surface area contributed by atoms with Crippen LogP contribution >= 0.6 is 0 Å². The van der Waals surface area contributed by atoms with E-state index in [4.69, 9.17) is 4.74 Å². The Bertz CT molecular complexity index is 632. The number of hydrogen-bond acceptors (Lipinski definition) is 3. The van der Waals surface area contributed by atoms with Gasteiger partial charge in [0.1, 0.15) is 5.75 Å². The first-order valence-electron chi connectivity index (χ1n) is 6.49. The highest BCUT2D eigenvalue weighted by atomic mass is 16.5. The second-order valence-electron chi connectivity index (χ2n) is 4.93. The van der Waals surface area contributed by atoms with Crippen LogP contribution in [0.5, 0.6) is 5.75 Å². The van der Waals surface area contributed by atoms with E-state index in [1.807, 2.05) is 45.9 Å². The lowest BCUT2D eigenvalue weighted by atomic mass is 10.1. The molecule has 1 heterocycles. The predicted molar refractivity (Wildman–Crippen MR) is 78.1 cm³/mol. The quantitative estimate of drug-likeness (QED) is 0.900. The van der Waals surface area contributed by atoms with Gasteiger partial charge in [-0.3, -0.25) is 9.89 Å². The minimum absolute atomic E-state index is 0.0325. The van der Waals surface area contributed by atoms with Crippen LogP contribution < -0.4 is 10.1 Å². The van der Waals surface area contributed by atoms with Gasteiger partial charge in [-0.25, -0.2) is 0 Å². The molecule has 0 saturated carbocycles. The molecule has 1 amide bonds. The molecular formula is C15H19N3O2. The minimum Gasteiger partial charge on any atom is -0.483 e. The zero-order valence-electron chi connectivity index (χ0n) is 12.2. The van der Waals surface area contributed by atoms with Crippen LogP contribution in [0.1, 0.15) is 22.4 Å². The number of benzene rings is 1. The third kappa shape index (κ3) is 3.17. The van der Waals surface area contributed by atoms with E-state index in [2.05, 4.69) is 15.5 Å². The first-order chi connectivity index (χ1) is 9.47. The van der Waals surface area contributed by atoms with Crippen LogP contribution in [-0.4, -0.2) is 22.7 Å². The minimum atomic E-state index is -0.223. The van der Waals surface area contributed by atoms with E-state index in [1.165, 1.54) is 5.56 Å². The zero-order chi connectivity index (χ0) is 14.7. The number of aryl methyl sites for hydroxylation is 3. The number of nitrogens with zero attached hydrogens (tertiary/aromatic N) is 1. The Kier molecular flexibility index (Phi) is 4.08. The Balaban J connectivity index is 1.94. The molecule has 0 spiro atoms. The van der Waals surface area contributed by atoms with Gasteiger partial charge in [-0.1, -0.05) is 17.7 Å². The number of hydrogen-bond donors (Lipinski definition) is 2. The maximum absolute atomic E-state index is 11.8. The van der Waals surface area contributed by atoms with E-state index in [9.17, 15) is 4.79 Å². The van der Waals surface area contributed by atoms with Gasteiger partial charge in [-0.05, 0) is 39.3 Å². The van der Waals surface area contributed by atoms with Crippen LogP contribution in [-0.2, 0) is 4.79 Å². The molecule has 0 aliphatic rings. The Morgan fingerprint density at radius 1 is 1.30 bits per heavy atom. The molecule has 20 heavy (non-hydrogen) atoms. The molecule has 2 rings (SSSR count). The monoisotopic (exact) mass is 273 g/mol. The van der Waals surface area contributed by atoms with Crippen LogP contribution in [0.25, 0.3) is 0 Å². The Morgan fingerprint density at radius 2 is 2.05 bits per heavy atom. The van der Waals surface area contributed by atoms with Crippen molar-refractivity contribution < 1.29 is 9.53 Å². The van der Waals surface area contributed by atoms with Crippen molar-refractivity contribution in [1.29, 1.82) is 0 Å². The van der Waals surface area contributed by atoms with Crippen molar-refractivity contribution in [1.82, 2.24) is 10.2 Å². The highest BCUT2D eigenvalue weighted by Crippen LogP contribution is 2.19. The Hall–Kier alpha value is -2.30. The standard InChI is InChI=1S/C15H19N3O2/c1-9-5-6-13(10(2)7-9)20-8-14(19)16-15-11(3)12(4)17-18-15/h5-7H,8H2,1-4H3,(H2,16,17,18,19). The number of carbonyl (C=O) groups excluding carboxylic acids is 1. The van der Waals surface area contributed by atoms with Crippen molar-refractivity contribution in [3.05, 3.63) is 40.6 Å². The summed E-state index contributed by atoms with van der Waals surface area (Å²) in [5.74, 6) is 1.05. The summed E-state index contributed by atoms with van der Waals surface area (Å²) >= 11 is 0. The van der Waals surface area contributed by atoms with Gasteiger partial charge in [0.25, 0.3) is 5.91 Å². The molecule has 2 N–H and O–H groups in total. The second kappa shape index (κ2) is 5.77. The van der Waals surface area contributed by atoms with Gasteiger partial charge >= 0.3 is 0 Å². The number of aromatic amines is 1.